The highest BCUT2D eigenvalue weighted by Crippen LogP contribution is 2.24. The van der Waals surface area contributed by atoms with E-state index in [2.05, 4.69) is 29.0 Å². The quantitative estimate of drug-likeness (QED) is 0.579. The van der Waals surface area contributed by atoms with Crippen LogP contribution in [0.4, 0.5) is 5.69 Å². The summed E-state index contributed by atoms with van der Waals surface area (Å²) in [6, 6.07) is 15.1. The highest BCUT2D eigenvalue weighted by atomic mass is 16.5. The summed E-state index contributed by atoms with van der Waals surface area (Å²) < 4.78 is 7.18. The van der Waals surface area contributed by atoms with Crippen LogP contribution in [0.5, 0.6) is 5.75 Å². The van der Waals surface area contributed by atoms with Crippen molar-refractivity contribution < 1.29 is 9.53 Å². The number of imidazole rings is 1. The zero-order valence-electron chi connectivity index (χ0n) is 18.1. The third kappa shape index (κ3) is 4.82. The van der Waals surface area contributed by atoms with Crippen LogP contribution in [0.15, 0.2) is 60.9 Å². The van der Waals surface area contributed by atoms with Crippen molar-refractivity contribution in [3.8, 4) is 5.75 Å². The van der Waals surface area contributed by atoms with Crippen LogP contribution in [0.3, 0.4) is 0 Å². The Balaban J connectivity index is 1.83. The molecule has 0 radical (unpaired) electrons. The lowest BCUT2D eigenvalue weighted by Crippen LogP contribution is -2.31. The van der Waals surface area contributed by atoms with Crippen molar-refractivity contribution in [1.29, 1.82) is 0 Å². The molecule has 0 saturated carbocycles. The molecule has 0 aliphatic carbocycles. The first-order valence-electron chi connectivity index (χ1n) is 10.3. The Morgan fingerprint density at radius 2 is 1.83 bits per heavy atom. The van der Waals surface area contributed by atoms with E-state index in [1.54, 1.807) is 13.3 Å². The molecule has 0 fully saturated rings. The van der Waals surface area contributed by atoms with Crippen LogP contribution in [-0.2, 0) is 7.05 Å². The molecule has 1 heterocycles. The molecule has 0 aliphatic heterocycles. The van der Waals surface area contributed by atoms with Gasteiger partial charge in [-0.25, -0.2) is 4.98 Å². The van der Waals surface area contributed by atoms with E-state index in [4.69, 9.17) is 4.74 Å². The molecule has 0 spiro atoms. The number of aryl methyl sites for hydroxylation is 1. The van der Waals surface area contributed by atoms with E-state index in [9.17, 15) is 4.79 Å². The van der Waals surface area contributed by atoms with Gasteiger partial charge in [-0.2, -0.15) is 0 Å². The molecular weight excluding hydrogens is 376 g/mol. The number of methoxy groups -OCH3 is 1. The summed E-state index contributed by atoms with van der Waals surface area (Å²) in [6.45, 7) is 6.25. The van der Waals surface area contributed by atoms with Gasteiger partial charge in [-0.1, -0.05) is 19.1 Å². The molecule has 1 amide bonds. The molecular formula is C24H30N4O2. The maximum absolute atomic E-state index is 13.0. The van der Waals surface area contributed by atoms with Crippen molar-refractivity contribution in [3.63, 3.8) is 0 Å². The van der Waals surface area contributed by atoms with Crippen LogP contribution in [-0.4, -0.2) is 35.7 Å². The SMILES string of the molecule is CCCN(CC)c1ccc(C(=O)NC(c2ccc(OC)cc2)c2nccn2C)cc1. The van der Waals surface area contributed by atoms with Gasteiger partial charge in [0, 0.05) is 43.8 Å². The Morgan fingerprint density at radius 1 is 1.13 bits per heavy atom. The molecule has 1 N–H and O–H groups in total. The van der Waals surface area contributed by atoms with Gasteiger partial charge in [-0.15, -0.1) is 0 Å². The molecule has 0 saturated heterocycles. The monoisotopic (exact) mass is 406 g/mol. The maximum atomic E-state index is 13.0. The van der Waals surface area contributed by atoms with Gasteiger partial charge in [0.05, 0.1) is 7.11 Å². The number of aromatic nitrogens is 2. The van der Waals surface area contributed by atoms with Crippen LogP contribution in [0.2, 0.25) is 0 Å². The molecule has 1 atom stereocenters. The molecule has 158 valence electrons. The van der Waals surface area contributed by atoms with Crippen molar-refractivity contribution in [2.45, 2.75) is 26.3 Å². The minimum atomic E-state index is -0.365. The van der Waals surface area contributed by atoms with Gasteiger partial charge >= 0.3 is 0 Å². The lowest BCUT2D eigenvalue weighted by molar-refractivity contribution is 0.0941. The summed E-state index contributed by atoms with van der Waals surface area (Å²) in [4.78, 5) is 19.8. The van der Waals surface area contributed by atoms with Crippen molar-refractivity contribution in [2.75, 3.05) is 25.1 Å². The van der Waals surface area contributed by atoms with Gasteiger partial charge in [0.2, 0.25) is 0 Å². The van der Waals surface area contributed by atoms with Crippen molar-refractivity contribution in [1.82, 2.24) is 14.9 Å². The molecule has 6 nitrogen and oxygen atoms in total. The Labute approximate surface area is 178 Å². The normalized spacial score (nSPS) is 11.7. The minimum absolute atomic E-state index is 0.135. The van der Waals surface area contributed by atoms with Gasteiger partial charge in [-0.3, -0.25) is 4.79 Å². The third-order valence-electron chi connectivity index (χ3n) is 5.21. The lowest BCUT2D eigenvalue weighted by Gasteiger charge is -2.23. The predicted molar refractivity (Wildman–Crippen MR) is 120 cm³/mol. The zero-order chi connectivity index (χ0) is 21.5. The molecule has 0 bridgehead atoms. The van der Waals surface area contributed by atoms with Crippen LogP contribution in [0.1, 0.15) is 48.1 Å². The number of amides is 1. The molecule has 3 rings (SSSR count). The van der Waals surface area contributed by atoms with E-state index in [0.29, 0.717) is 5.56 Å². The topological polar surface area (TPSA) is 59.4 Å². The number of benzene rings is 2. The molecule has 3 aromatic rings. The average Bonchev–Trinajstić information content (AvgIpc) is 3.21. The van der Waals surface area contributed by atoms with Crippen molar-refractivity contribution in [2.24, 2.45) is 7.05 Å². The van der Waals surface area contributed by atoms with Crippen molar-refractivity contribution >= 4 is 11.6 Å². The second-order valence-corrected chi connectivity index (χ2v) is 7.20. The first-order chi connectivity index (χ1) is 14.6. The minimum Gasteiger partial charge on any atom is -0.497 e. The number of carbonyl (C=O) groups is 1. The smallest absolute Gasteiger partial charge is 0.252 e. The number of nitrogens with zero attached hydrogens (tertiary/aromatic N) is 3. The van der Waals surface area contributed by atoms with Gasteiger partial charge in [0.1, 0.15) is 17.6 Å². The van der Waals surface area contributed by atoms with E-state index in [1.165, 1.54) is 0 Å². The summed E-state index contributed by atoms with van der Waals surface area (Å²) in [5.74, 6) is 1.40. The second-order valence-electron chi connectivity index (χ2n) is 7.20. The van der Waals surface area contributed by atoms with E-state index in [-0.39, 0.29) is 11.9 Å². The summed E-state index contributed by atoms with van der Waals surface area (Å²) in [5, 5.41) is 3.14. The third-order valence-corrected chi connectivity index (χ3v) is 5.21. The van der Waals surface area contributed by atoms with Crippen LogP contribution in [0, 0.1) is 0 Å². The van der Waals surface area contributed by atoms with Crippen molar-refractivity contribution in [3.05, 3.63) is 77.9 Å². The fourth-order valence-electron chi connectivity index (χ4n) is 3.53. The van der Waals surface area contributed by atoms with E-state index >= 15 is 0 Å². The van der Waals surface area contributed by atoms with E-state index in [1.807, 2.05) is 66.3 Å². The summed E-state index contributed by atoms with van der Waals surface area (Å²) in [7, 11) is 3.56. The predicted octanol–water partition coefficient (Wildman–Crippen LogP) is 4.18. The van der Waals surface area contributed by atoms with Gasteiger partial charge < -0.3 is 19.5 Å². The lowest BCUT2D eigenvalue weighted by atomic mass is 10.0. The summed E-state index contributed by atoms with van der Waals surface area (Å²) in [5.41, 5.74) is 2.70. The first kappa shape index (κ1) is 21.4. The van der Waals surface area contributed by atoms with E-state index in [0.717, 1.165) is 42.3 Å². The zero-order valence-corrected chi connectivity index (χ0v) is 18.1. The van der Waals surface area contributed by atoms with Crippen LogP contribution < -0.4 is 15.0 Å². The Morgan fingerprint density at radius 3 is 2.37 bits per heavy atom. The maximum Gasteiger partial charge on any atom is 0.252 e. The highest BCUT2D eigenvalue weighted by Gasteiger charge is 2.21. The molecule has 30 heavy (non-hydrogen) atoms. The number of anilines is 1. The van der Waals surface area contributed by atoms with Gasteiger partial charge in [0.25, 0.3) is 5.91 Å². The van der Waals surface area contributed by atoms with Gasteiger partial charge in [0.15, 0.2) is 0 Å². The molecule has 2 aromatic carbocycles. The standard InChI is InChI=1S/C24H30N4O2/c1-5-16-28(6-2)20-11-7-19(8-12-20)24(29)26-22(23-25-15-17-27(23)3)18-9-13-21(30-4)14-10-18/h7-15,17,22H,5-6,16H2,1-4H3,(H,26,29). The Bertz CT molecular complexity index is 948. The fourth-order valence-corrected chi connectivity index (χ4v) is 3.53. The molecule has 1 aromatic heterocycles. The molecule has 1 unspecified atom stereocenters. The number of hydrogen-bond donors (Lipinski definition) is 1. The molecule has 6 heteroatoms. The first-order valence-corrected chi connectivity index (χ1v) is 10.3. The highest BCUT2D eigenvalue weighted by molar-refractivity contribution is 5.95. The second kappa shape index (κ2) is 9.96. The Hall–Kier alpha value is -3.28. The largest absolute Gasteiger partial charge is 0.497 e. The number of carbonyl (C=O) groups excluding carboxylic acids is 1. The summed E-state index contributed by atoms with van der Waals surface area (Å²) >= 11 is 0. The summed E-state index contributed by atoms with van der Waals surface area (Å²) in [6.07, 6.45) is 4.70. The number of nitrogens with one attached hydrogen (secondary N) is 1. The fraction of sp³-hybridized carbons (Fsp3) is 0.333. The number of hydrogen-bond acceptors (Lipinski definition) is 4. The van der Waals surface area contributed by atoms with Crippen LogP contribution >= 0.6 is 0 Å². The van der Waals surface area contributed by atoms with Gasteiger partial charge in [-0.05, 0) is 55.3 Å². The molecule has 0 aliphatic rings. The number of ether oxygens (including phenoxy) is 1. The Kier molecular flexibility index (Phi) is 7.12. The number of rotatable bonds is 9. The van der Waals surface area contributed by atoms with E-state index < -0.39 is 0 Å². The van der Waals surface area contributed by atoms with Crippen LogP contribution in [0.25, 0.3) is 0 Å². The average molecular weight is 407 g/mol.